The standard InChI is InChI=1S/C16H16ClF2N/c1-10-3-6-14(18)13(7-10)16(20-2)8-11-4-5-12(17)9-15(11)19/h3-7,9,16,20H,8H2,1-2H3. The van der Waals surface area contributed by atoms with Gasteiger partial charge in [-0.05, 0) is 44.2 Å². The maximum absolute atomic E-state index is 13.9. The highest BCUT2D eigenvalue weighted by Crippen LogP contribution is 2.24. The van der Waals surface area contributed by atoms with Crippen LogP contribution in [-0.2, 0) is 6.42 Å². The Labute approximate surface area is 122 Å². The van der Waals surface area contributed by atoms with Crippen molar-refractivity contribution >= 4 is 11.6 Å². The molecule has 0 aliphatic carbocycles. The minimum atomic E-state index is -0.370. The molecule has 0 amide bonds. The van der Waals surface area contributed by atoms with E-state index in [0.29, 0.717) is 22.6 Å². The van der Waals surface area contributed by atoms with Gasteiger partial charge in [-0.15, -0.1) is 0 Å². The summed E-state index contributed by atoms with van der Waals surface area (Å²) in [4.78, 5) is 0. The molecule has 2 rings (SSSR count). The van der Waals surface area contributed by atoms with Crippen LogP contribution in [0.3, 0.4) is 0 Å². The number of likely N-dealkylation sites (N-methyl/N-ethyl adjacent to an activating group) is 1. The Kier molecular flexibility index (Phi) is 4.73. The van der Waals surface area contributed by atoms with E-state index in [4.69, 9.17) is 11.6 Å². The maximum Gasteiger partial charge on any atom is 0.128 e. The molecule has 4 heteroatoms. The van der Waals surface area contributed by atoms with Crippen molar-refractivity contribution in [2.45, 2.75) is 19.4 Å². The molecule has 1 nitrogen and oxygen atoms in total. The summed E-state index contributed by atoms with van der Waals surface area (Å²) in [5, 5.41) is 3.39. The molecule has 0 aliphatic heterocycles. The molecule has 0 saturated carbocycles. The maximum atomic E-state index is 13.9. The third-order valence-corrected chi connectivity index (χ3v) is 3.55. The van der Waals surface area contributed by atoms with Gasteiger partial charge in [0.15, 0.2) is 0 Å². The molecule has 2 aromatic rings. The third kappa shape index (κ3) is 3.35. The minimum absolute atomic E-state index is 0.287. The zero-order valence-corrected chi connectivity index (χ0v) is 12.1. The minimum Gasteiger partial charge on any atom is -0.313 e. The molecule has 0 radical (unpaired) electrons. The predicted octanol–water partition coefficient (Wildman–Crippen LogP) is 4.43. The molecule has 106 valence electrons. The highest BCUT2D eigenvalue weighted by Gasteiger charge is 2.16. The lowest BCUT2D eigenvalue weighted by atomic mass is 9.97. The SMILES string of the molecule is CNC(Cc1ccc(Cl)cc1F)c1cc(C)ccc1F. The van der Waals surface area contributed by atoms with Crippen LogP contribution < -0.4 is 5.32 Å². The zero-order valence-electron chi connectivity index (χ0n) is 11.4. The Balaban J connectivity index is 2.31. The van der Waals surface area contributed by atoms with E-state index in [2.05, 4.69) is 5.32 Å². The van der Waals surface area contributed by atoms with Crippen LogP contribution in [0, 0.1) is 18.6 Å². The molecule has 0 saturated heterocycles. The van der Waals surface area contributed by atoms with Gasteiger partial charge in [0.1, 0.15) is 11.6 Å². The average molecular weight is 296 g/mol. The van der Waals surface area contributed by atoms with Crippen molar-refractivity contribution < 1.29 is 8.78 Å². The van der Waals surface area contributed by atoms with Crippen LogP contribution in [0.1, 0.15) is 22.7 Å². The van der Waals surface area contributed by atoms with Crippen molar-refractivity contribution in [3.8, 4) is 0 Å². The molecular weight excluding hydrogens is 280 g/mol. The van der Waals surface area contributed by atoms with E-state index in [0.717, 1.165) is 5.56 Å². The van der Waals surface area contributed by atoms with Crippen molar-refractivity contribution in [2.75, 3.05) is 7.05 Å². The van der Waals surface area contributed by atoms with Crippen molar-refractivity contribution in [2.24, 2.45) is 0 Å². The van der Waals surface area contributed by atoms with Gasteiger partial charge >= 0.3 is 0 Å². The van der Waals surface area contributed by atoms with Crippen molar-refractivity contribution in [3.05, 3.63) is 69.7 Å². The molecule has 1 unspecified atom stereocenters. The van der Waals surface area contributed by atoms with Crippen LogP contribution in [0.4, 0.5) is 8.78 Å². The van der Waals surface area contributed by atoms with Crippen LogP contribution in [0.25, 0.3) is 0 Å². The molecule has 2 aromatic carbocycles. The first kappa shape index (κ1) is 14.9. The number of hydrogen-bond donors (Lipinski definition) is 1. The second-order valence-corrected chi connectivity index (χ2v) is 5.24. The van der Waals surface area contributed by atoms with Gasteiger partial charge in [0.05, 0.1) is 0 Å². The Hall–Kier alpha value is -1.45. The first-order chi connectivity index (χ1) is 9.51. The fourth-order valence-corrected chi connectivity index (χ4v) is 2.36. The van der Waals surface area contributed by atoms with Crippen LogP contribution >= 0.6 is 11.6 Å². The predicted molar refractivity (Wildman–Crippen MR) is 78.1 cm³/mol. The molecular formula is C16H16ClF2N. The Morgan fingerprint density at radius 1 is 1.10 bits per heavy atom. The van der Waals surface area contributed by atoms with Crippen molar-refractivity contribution in [1.82, 2.24) is 5.32 Å². The van der Waals surface area contributed by atoms with E-state index in [1.54, 1.807) is 31.3 Å². The van der Waals surface area contributed by atoms with Gasteiger partial charge in [-0.25, -0.2) is 8.78 Å². The summed E-state index contributed by atoms with van der Waals surface area (Å²) < 4.78 is 27.8. The highest BCUT2D eigenvalue weighted by atomic mass is 35.5. The molecule has 1 N–H and O–H groups in total. The summed E-state index contributed by atoms with van der Waals surface area (Å²) in [5.41, 5.74) is 2.02. The molecule has 0 bridgehead atoms. The lowest BCUT2D eigenvalue weighted by Gasteiger charge is -2.18. The fraction of sp³-hybridized carbons (Fsp3) is 0.250. The summed E-state index contributed by atoms with van der Waals surface area (Å²) in [5.74, 6) is -0.657. The quantitative estimate of drug-likeness (QED) is 0.880. The highest BCUT2D eigenvalue weighted by molar-refractivity contribution is 6.30. The molecule has 0 heterocycles. The Bertz CT molecular complexity index is 613. The van der Waals surface area contributed by atoms with Crippen LogP contribution in [-0.4, -0.2) is 7.05 Å². The van der Waals surface area contributed by atoms with Gasteiger partial charge in [0.2, 0.25) is 0 Å². The van der Waals surface area contributed by atoms with E-state index in [1.807, 2.05) is 6.92 Å². The first-order valence-electron chi connectivity index (χ1n) is 6.38. The molecule has 0 spiro atoms. The van der Waals surface area contributed by atoms with Gasteiger partial charge in [0.25, 0.3) is 0 Å². The topological polar surface area (TPSA) is 12.0 Å². The Morgan fingerprint density at radius 3 is 2.50 bits per heavy atom. The van der Waals surface area contributed by atoms with Gasteiger partial charge in [-0.1, -0.05) is 35.4 Å². The molecule has 0 aromatic heterocycles. The molecule has 0 aliphatic rings. The smallest absolute Gasteiger partial charge is 0.128 e. The fourth-order valence-electron chi connectivity index (χ4n) is 2.20. The van der Waals surface area contributed by atoms with Gasteiger partial charge in [-0.2, -0.15) is 0 Å². The summed E-state index contributed by atoms with van der Waals surface area (Å²) >= 11 is 5.73. The van der Waals surface area contributed by atoms with Gasteiger partial charge in [0, 0.05) is 16.6 Å². The molecule has 0 fully saturated rings. The number of nitrogens with one attached hydrogen (secondary N) is 1. The van der Waals surface area contributed by atoms with E-state index < -0.39 is 0 Å². The van der Waals surface area contributed by atoms with E-state index in [9.17, 15) is 8.78 Å². The average Bonchev–Trinajstić information content (AvgIpc) is 2.41. The lowest BCUT2D eigenvalue weighted by molar-refractivity contribution is 0.519. The number of hydrogen-bond acceptors (Lipinski definition) is 1. The number of halogens is 3. The number of aryl methyl sites for hydroxylation is 1. The lowest BCUT2D eigenvalue weighted by Crippen LogP contribution is -2.20. The second-order valence-electron chi connectivity index (χ2n) is 4.81. The number of rotatable bonds is 4. The largest absolute Gasteiger partial charge is 0.313 e. The van der Waals surface area contributed by atoms with Crippen molar-refractivity contribution in [3.63, 3.8) is 0 Å². The van der Waals surface area contributed by atoms with E-state index in [1.165, 1.54) is 12.1 Å². The first-order valence-corrected chi connectivity index (χ1v) is 6.76. The van der Waals surface area contributed by atoms with Crippen molar-refractivity contribution in [1.29, 1.82) is 0 Å². The van der Waals surface area contributed by atoms with Crippen LogP contribution in [0.5, 0.6) is 0 Å². The summed E-state index contributed by atoms with van der Waals surface area (Å²) in [6.45, 7) is 1.90. The Morgan fingerprint density at radius 2 is 1.85 bits per heavy atom. The summed E-state index contributed by atoms with van der Waals surface area (Å²) in [6.07, 6.45) is 0.361. The van der Waals surface area contributed by atoms with Gasteiger partial charge < -0.3 is 5.32 Å². The molecule has 1 atom stereocenters. The zero-order chi connectivity index (χ0) is 14.7. The third-order valence-electron chi connectivity index (χ3n) is 3.31. The summed E-state index contributed by atoms with van der Waals surface area (Å²) in [7, 11) is 1.74. The van der Waals surface area contributed by atoms with Crippen LogP contribution in [0.2, 0.25) is 5.02 Å². The summed E-state index contributed by atoms with van der Waals surface area (Å²) in [6, 6.07) is 9.20. The van der Waals surface area contributed by atoms with E-state index >= 15 is 0 Å². The number of benzene rings is 2. The monoisotopic (exact) mass is 295 g/mol. The van der Waals surface area contributed by atoms with Crippen LogP contribution in [0.15, 0.2) is 36.4 Å². The van der Waals surface area contributed by atoms with E-state index in [-0.39, 0.29) is 17.7 Å². The normalized spacial score (nSPS) is 12.4. The second kappa shape index (κ2) is 6.33. The van der Waals surface area contributed by atoms with Gasteiger partial charge in [-0.3, -0.25) is 0 Å². The molecule has 20 heavy (non-hydrogen) atoms.